The van der Waals surface area contributed by atoms with Gasteiger partial charge in [-0.15, -0.1) is 0 Å². The fraction of sp³-hybridized carbons (Fsp3) is 0.867. The molecule has 0 N–H and O–H groups in total. The summed E-state index contributed by atoms with van der Waals surface area (Å²) in [6, 6.07) is -0.373. The molecule has 2 unspecified atom stereocenters. The van der Waals surface area contributed by atoms with E-state index in [-0.39, 0.29) is 19.2 Å². The molecule has 0 bridgehead atoms. The van der Waals surface area contributed by atoms with Gasteiger partial charge in [-0.3, -0.25) is 4.90 Å². The average molecular weight is 332 g/mol. The fourth-order valence-electron chi connectivity index (χ4n) is 2.32. The predicted octanol–water partition coefficient (Wildman–Crippen LogP) is 1.68. The van der Waals surface area contributed by atoms with Gasteiger partial charge in [0.15, 0.2) is 6.23 Å². The lowest BCUT2D eigenvalue weighted by atomic mass is 10.2. The van der Waals surface area contributed by atoms with Crippen LogP contribution in [0.1, 0.15) is 27.7 Å². The molecule has 1 aliphatic rings. The second-order valence-electron chi connectivity index (χ2n) is 6.28. The van der Waals surface area contributed by atoms with E-state index in [0.717, 1.165) is 0 Å². The molecule has 0 saturated carbocycles. The Morgan fingerprint density at radius 3 is 2.39 bits per heavy atom. The molecule has 1 aliphatic heterocycles. The van der Waals surface area contributed by atoms with Crippen molar-refractivity contribution in [1.29, 1.82) is 0 Å². The first kappa shape index (κ1) is 19.5. The summed E-state index contributed by atoms with van der Waals surface area (Å²) in [4.78, 5) is 27.3. The Balaban J connectivity index is 2.92. The number of hydrogen-bond donors (Lipinski definition) is 0. The molecule has 0 aromatic carbocycles. The summed E-state index contributed by atoms with van der Waals surface area (Å²) < 4.78 is 21.1. The molecule has 1 rings (SSSR count). The van der Waals surface area contributed by atoms with Gasteiger partial charge < -0.3 is 23.8 Å². The molecule has 0 spiro atoms. The Kier molecular flexibility index (Phi) is 7.08. The number of hydrogen-bond acceptors (Lipinski definition) is 6. The Hall–Kier alpha value is -1.54. The normalized spacial score (nSPS) is 21.7. The molecule has 8 nitrogen and oxygen atoms in total. The SMILES string of the molecule is CCN(CC1COCC(OC)N1C(=O)OC(C)(C)C)C(=O)OC. The van der Waals surface area contributed by atoms with Gasteiger partial charge in [0, 0.05) is 20.2 Å². The zero-order valence-electron chi connectivity index (χ0n) is 14.8. The van der Waals surface area contributed by atoms with Crippen molar-refractivity contribution in [2.75, 3.05) is 40.5 Å². The third-order valence-electron chi connectivity index (χ3n) is 3.40. The molecule has 1 heterocycles. The molecule has 2 atom stereocenters. The van der Waals surface area contributed by atoms with E-state index in [1.54, 1.807) is 20.8 Å². The highest BCUT2D eigenvalue weighted by Crippen LogP contribution is 2.20. The lowest BCUT2D eigenvalue weighted by Gasteiger charge is -2.42. The molecular weight excluding hydrogens is 304 g/mol. The van der Waals surface area contributed by atoms with E-state index in [1.165, 1.54) is 24.0 Å². The number of ether oxygens (including phenoxy) is 4. The quantitative estimate of drug-likeness (QED) is 0.779. The minimum absolute atomic E-state index is 0.261. The lowest BCUT2D eigenvalue weighted by Crippen LogP contribution is -2.60. The summed E-state index contributed by atoms with van der Waals surface area (Å²) in [6.07, 6.45) is -1.49. The highest BCUT2D eigenvalue weighted by molar-refractivity contribution is 5.70. The number of carbonyl (C=O) groups is 2. The molecule has 134 valence electrons. The first-order chi connectivity index (χ1) is 10.7. The van der Waals surface area contributed by atoms with Crippen LogP contribution in [0.3, 0.4) is 0 Å². The maximum absolute atomic E-state index is 12.5. The highest BCUT2D eigenvalue weighted by Gasteiger charge is 2.39. The predicted molar refractivity (Wildman–Crippen MR) is 83.1 cm³/mol. The largest absolute Gasteiger partial charge is 0.453 e. The van der Waals surface area contributed by atoms with E-state index in [4.69, 9.17) is 18.9 Å². The lowest BCUT2D eigenvalue weighted by molar-refractivity contribution is -0.147. The second-order valence-corrected chi connectivity index (χ2v) is 6.28. The van der Waals surface area contributed by atoms with Gasteiger partial charge in [-0.25, -0.2) is 9.59 Å². The van der Waals surface area contributed by atoms with Crippen LogP contribution < -0.4 is 0 Å². The van der Waals surface area contributed by atoms with Gasteiger partial charge in [0.05, 0.1) is 26.4 Å². The van der Waals surface area contributed by atoms with E-state index in [1.807, 2.05) is 6.92 Å². The molecule has 23 heavy (non-hydrogen) atoms. The van der Waals surface area contributed by atoms with Crippen molar-refractivity contribution in [3.63, 3.8) is 0 Å². The van der Waals surface area contributed by atoms with Gasteiger partial charge in [0.25, 0.3) is 0 Å². The van der Waals surface area contributed by atoms with Crippen LogP contribution in [0.4, 0.5) is 9.59 Å². The molecular formula is C15H28N2O6. The van der Waals surface area contributed by atoms with Gasteiger partial charge in [0.1, 0.15) is 5.60 Å². The molecule has 0 aliphatic carbocycles. The minimum Gasteiger partial charge on any atom is -0.453 e. The van der Waals surface area contributed by atoms with Gasteiger partial charge in [0.2, 0.25) is 0 Å². The highest BCUT2D eigenvalue weighted by atomic mass is 16.6. The minimum atomic E-state index is -0.620. The van der Waals surface area contributed by atoms with Gasteiger partial charge in [-0.2, -0.15) is 0 Å². The second kappa shape index (κ2) is 8.35. The number of likely N-dealkylation sites (N-methyl/N-ethyl adjacent to an activating group) is 1. The van der Waals surface area contributed by atoms with Crippen LogP contribution >= 0.6 is 0 Å². The number of methoxy groups -OCH3 is 2. The third-order valence-corrected chi connectivity index (χ3v) is 3.40. The zero-order chi connectivity index (χ0) is 17.6. The number of morpholine rings is 1. The van der Waals surface area contributed by atoms with Gasteiger partial charge in [-0.1, -0.05) is 0 Å². The first-order valence-corrected chi connectivity index (χ1v) is 7.68. The van der Waals surface area contributed by atoms with Crippen LogP contribution in [0, 0.1) is 0 Å². The van der Waals surface area contributed by atoms with E-state index in [0.29, 0.717) is 13.2 Å². The van der Waals surface area contributed by atoms with Crippen molar-refractivity contribution in [2.24, 2.45) is 0 Å². The molecule has 1 fully saturated rings. The number of amides is 2. The van der Waals surface area contributed by atoms with E-state index >= 15 is 0 Å². The van der Waals surface area contributed by atoms with Crippen molar-refractivity contribution in [1.82, 2.24) is 9.80 Å². The third kappa shape index (κ3) is 5.54. The summed E-state index contributed by atoms with van der Waals surface area (Å²) in [7, 11) is 2.83. The molecule has 0 aromatic rings. The number of nitrogens with zero attached hydrogens (tertiary/aromatic N) is 2. The fourth-order valence-corrected chi connectivity index (χ4v) is 2.32. The maximum Gasteiger partial charge on any atom is 0.412 e. The Morgan fingerprint density at radius 1 is 1.26 bits per heavy atom. The molecule has 8 heteroatoms. The van der Waals surface area contributed by atoms with Crippen LogP contribution in [0.25, 0.3) is 0 Å². The molecule has 0 radical (unpaired) electrons. The standard InChI is InChI=1S/C15H28N2O6/c1-7-16(13(18)21-6)8-11-9-22-10-12(20-5)17(11)14(19)23-15(2,3)4/h11-12H,7-10H2,1-6H3. The summed E-state index contributed by atoms with van der Waals surface area (Å²) in [5, 5.41) is 0. The Morgan fingerprint density at radius 2 is 1.91 bits per heavy atom. The van der Waals surface area contributed by atoms with Crippen LogP contribution in [0.2, 0.25) is 0 Å². The van der Waals surface area contributed by atoms with Crippen molar-refractivity contribution < 1.29 is 28.5 Å². The van der Waals surface area contributed by atoms with Crippen LogP contribution in [-0.4, -0.2) is 80.4 Å². The van der Waals surface area contributed by atoms with E-state index < -0.39 is 24.0 Å². The summed E-state index contributed by atoms with van der Waals surface area (Å²) in [5.41, 5.74) is -0.620. The van der Waals surface area contributed by atoms with Crippen LogP contribution in [0.15, 0.2) is 0 Å². The number of rotatable bonds is 4. The molecule has 2 amide bonds. The van der Waals surface area contributed by atoms with Gasteiger partial charge in [-0.05, 0) is 27.7 Å². The van der Waals surface area contributed by atoms with E-state index in [2.05, 4.69) is 0 Å². The Labute approximate surface area is 137 Å². The topological polar surface area (TPSA) is 77.5 Å². The summed E-state index contributed by atoms with van der Waals surface area (Å²) in [6.45, 7) is 8.54. The van der Waals surface area contributed by atoms with Crippen LogP contribution in [0.5, 0.6) is 0 Å². The Bertz CT molecular complexity index is 409. The molecule has 1 saturated heterocycles. The summed E-state index contributed by atoms with van der Waals surface area (Å²) >= 11 is 0. The van der Waals surface area contributed by atoms with Crippen molar-refractivity contribution >= 4 is 12.2 Å². The number of carbonyl (C=O) groups excluding carboxylic acids is 2. The van der Waals surface area contributed by atoms with Crippen molar-refractivity contribution in [3.05, 3.63) is 0 Å². The smallest absolute Gasteiger partial charge is 0.412 e. The van der Waals surface area contributed by atoms with E-state index in [9.17, 15) is 9.59 Å². The zero-order valence-corrected chi connectivity index (χ0v) is 14.8. The average Bonchev–Trinajstić information content (AvgIpc) is 2.49. The van der Waals surface area contributed by atoms with Crippen LogP contribution in [-0.2, 0) is 18.9 Å². The first-order valence-electron chi connectivity index (χ1n) is 7.68. The summed E-state index contributed by atoms with van der Waals surface area (Å²) in [5.74, 6) is 0. The maximum atomic E-state index is 12.5. The van der Waals surface area contributed by atoms with Gasteiger partial charge >= 0.3 is 12.2 Å². The molecule has 0 aromatic heterocycles. The van der Waals surface area contributed by atoms with Crippen molar-refractivity contribution in [2.45, 2.75) is 45.6 Å². The van der Waals surface area contributed by atoms with Crippen molar-refractivity contribution in [3.8, 4) is 0 Å². The monoisotopic (exact) mass is 332 g/mol.